The first-order valence-electron chi connectivity index (χ1n) is 11.0. The number of carbonyl (C=O) groups is 2. The number of amides is 2. The lowest BCUT2D eigenvalue weighted by molar-refractivity contribution is -0.142. The van der Waals surface area contributed by atoms with Gasteiger partial charge in [-0.05, 0) is 77.5 Å². The van der Waals surface area contributed by atoms with Crippen LogP contribution in [0.2, 0.25) is 10.0 Å². The van der Waals surface area contributed by atoms with Crippen LogP contribution in [-0.2, 0) is 16.1 Å². The molecule has 0 aliphatic rings. The number of nitrogens with zero attached hydrogens (tertiary/aromatic N) is 1. The van der Waals surface area contributed by atoms with E-state index in [2.05, 4.69) is 35.1 Å². The van der Waals surface area contributed by atoms with Gasteiger partial charge in [-0.25, -0.2) is 0 Å². The van der Waals surface area contributed by atoms with E-state index in [-0.39, 0.29) is 31.0 Å². The summed E-state index contributed by atoms with van der Waals surface area (Å²) in [6.45, 7) is 9.84. The summed E-state index contributed by atoms with van der Waals surface area (Å²) in [6.07, 6.45) is 0.794. The summed E-state index contributed by atoms with van der Waals surface area (Å²) in [7, 11) is 0. The molecule has 2 aromatic carbocycles. The van der Waals surface area contributed by atoms with Crippen molar-refractivity contribution in [2.75, 3.05) is 6.61 Å². The maximum absolute atomic E-state index is 13.2. The molecule has 0 bridgehead atoms. The minimum absolute atomic E-state index is 0.00792. The van der Waals surface area contributed by atoms with E-state index in [0.717, 1.165) is 22.0 Å². The van der Waals surface area contributed by atoms with E-state index in [1.54, 1.807) is 25.1 Å². The average molecular weight is 558 g/mol. The molecule has 8 heteroatoms. The van der Waals surface area contributed by atoms with Crippen LogP contribution in [0, 0.1) is 0 Å². The molecule has 0 unspecified atom stereocenters. The zero-order valence-corrected chi connectivity index (χ0v) is 22.7. The van der Waals surface area contributed by atoms with Crippen molar-refractivity contribution < 1.29 is 14.3 Å². The molecule has 1 N–H and O–H groups in total. The van der Waals surface area contributed by atoms with E-state index in [9.17, 15) is 9.59 Å². The molecule has 2 aromatic rings. The minimum Gasteiger partial charge on any atom is -0.483 e. The van der Waals surface area contributed by atoms with Crippen LogP contribution in [0.15, 0.2) is 40.9 Å². The number of rotatable bonds is 10. The standard InChI is InChI=1S/C25H31BrCl2N2O3/c1-6-16(4)29-25(32)17(5)30(13-18-7-9-21(27)22(28)11-18)24(31)14-33-23-10-8-19(15(2)3)12-20(23)26/h7-12,15-17H,6,13-14H2,1-5H3,(H,29,32)/t16-,17+/m1/s1. The highest BCUT2D eigenvalue weighted by molar-refractivity contribution is 9.10. The van der Waals surface area contributed by atoms with Crippen molar-refractivity contribution in [2.24, 2.45) is 0 Å². The fourth-order valence-electron chi connectivity index (χ4n) is 3.10. The number of carbonyl (C=O) groups excluding carboxylic acids is 2. The first-order chi connectivity index (χ1) is 15.5. The van der Waals surface area contributed by atoms with Crippen LogP contribution in [-0.4, -0.2) is 35.4 Å². The Labute approximate surface area is 214 Å². The second-order valence-corrected chi connectivity index (χ2v) is 10.1. The highest BCUT2D eigenvalue weighted by Crippen LogP contribution is 2.29. The normalized spacial score (nSPS) is 12.9. The van der Waals surface area contributed by atoms with Gasteiger partial charge in [-0.3, -0.25) is 9.59 Å². The maximum atomic E-state index is 13.2. The fourth-order valence-corrected chi connectivity index (χ4v) is 3.93. The molecule has 180 valence electrons. The number of ether oxygens (including phenoxy) is 1. The van der Waals surface area contributed by atoms with Crippen LogP contribution in [0.4, 0.5) is 0 Å². The van der Waals surface area contributed by atoms with Gasteiger partial charge in [-0.2, -0.15) is 0 Å². The summed E-state index contributed by atoms with van der Waals surface area (Å²) < 4.78 is 6.59. The van der Waals surface area contributed by atoms with Gasteiger partial charge in [0.15, 0.2) is 6.61 Å². The van der Waals surface area contributed by atoms with Crippen LogP contribution in [0.25, 0.3) is 0 Å². The van der Waals surface area contributed by atoms with Crippen molar-refractivity contribution in [3.8, 4) is 5.75 Å². The Kier molecular flexibility index (Phi) is 10.5. The number of hydrogen-bond donors (Lipinski definition) is 1. The lowest BCUT2D eigenvalue weighted by Crippen LogP contribution is -2.50. The average Bonchev–Trinajstić information content (AvgIpc) is 2.77. The highest BCUT2D eigenvalue weighted by atomic mass is 79.9. The molecule has 33 heavy (non-hydrogen) atoms. The van der Waals surface area contributed by atoms with Crippen LogP contribution in [0.3, 0.4) is 0 Å². The SMILES string of the molecule is CC[C@@H](C)NC(=O)[C@H](C)N(Cc1ccc(Cl)c(Cl)c1)C(=O)COc1ccc(C(C)C)cc1Br. The van der Waals surface area contributed by atoms with Gasteiger partial charge in [0.2, 0.25) is 5.91 Å². The van der Waals surface area contributed by atoms with Gasteiger partial charge >= 0.3 is 0 Å². The zero-order chi connectivity index (χ0) is 24.7. The van der Waals surface area contributed by atoms with Gasteiger partial charge in [0.25, 0.3) is 5.91 Å². The molecular weight excluding hydrogens is 527 g/mol. The molecular formula is C25H31BrCl2N2O3. The van der Waals surface area contributed by atoms with Crippen molar-refractivity contribution in [1.82, 2.24) is 10.2 Å². The summed E-state index contributed by atoms with van der Waals surface area (Å²) >= 11 is 15.7. The van der Waals surface area contributed by atoms with Crippen molar-refractivity contribution in [2.45, 2.75) is 65.6 Å². The van der Waals surface area contributed by atoms with Gasteiger partial charge in [0.1, 0.15) is 11.8 Å². The molecule has 0 aliphatic carbocycles. The van der Waals surface area contributed by atoms with E-state index >= 15 is 0 Å². The van der Waals surface area contributed by atoms with Crippen LogP contribution < -0.4 is 10.1 Å². The van der Waals surface area contributed by atoms with E-state index in [4.69, 9.17) is 27.9 Å². The van der Waals surface area contributed by atoms with Gasteiger partial charge in [-0.1, -0.05) is 56.1 Å². The Morgan fingerprint density at radius 3 is 2.33 bits per heavy atom. The van der Waals surface area contributed by atoms with Crippen molar-refractivity contribution in [3.05, 3.63) is 62.0 Å². The highest BCUT2D eigenvalue weighted by Gasteiger charge is 2.27. The molecule has 0 aromatic heterocycles. The molecule has 2 rings (SSSR count). The van der Waals surface area contributed by atoms with Crippen LogP contribution in [0.1, 0.15) is 58.1 Å². The first-order valence-corrected chi connectivity index (χ1v) is 12.5. The van der Waals surface area contributed by atoms with E-state index in [1.165, 1.54) is 4.90 Å². The summed E-state index contributed by atoms with van der Waals surface area (Å²) in [4.78, 5) is 27.5. The molecule has 0 saturated heterocycles. The Hall–Kier alpha value is -1.76. The molecule has 2 atom stereocenters. The van der Waals surface area contributed by atoms with Crippen molar-refractivity contribution >= 4 is 50.9 Å². The summed E-state index contributed by atoms with van der Waals surface area (Å²) in [5.74, 6) is 0.412. The molecule has 0 radical (unpaired) electrons. The van der Waals surface area contributed by atoms with Gasteiger partial charge in [0, 0.05) is 12.6 Å². The van der Waals surface area contributed by atoms with Gasteiger partial charge in [0.05, 0.1) is 14.5 Å². The summed E-state index contributed by atoms with van der Waals surface area (Å²) in [5, 5.41) is 3.76. The molecule has 0 fully saturated rings. The fraction of sp³-hybridized carbons (Fsp3) is 0.440. The van der Waals surface area contributed by atoms with Crippen molar-refractivity contribution in [3.63, 3.8) is 0 Å². The zero-order valence-electron chi connectivity index (χ0n) is 19.6. The second kappa shape index (κ2) is 12.6. The Morgan fingerprint density at radius 1 is 1.06 bits per heavy atom. The van der Waals surface area contributed by atoms with E-state index in [0.29, 0.717) is 21.7 Å². The quantitative estimate of drug-likeness (QED) is 0.358. The number of hydrogen-bond acceptors (Lipinski definition) is 3. The predicted octanol–water partition coefficient (Wildman–Crippen LogP) is 6.59. The van der Waals surface area contributed by atoms with Gasteiger partial charge in [-0.15, -0.1) is 0 Å². The molecule has 5 nitrogen and oxygen atoms in total. The number of nitrogens with one attached hydrogen (secondary N) is 1. The third kappa shape index (κ3) is 7.90. The van der Waals surface area contributed by atoms with Crippen LogP contribution in [0.5, 0.6) is 5.75 Å². The second-order valence-electron chi connectivity index (χ2n) is 8.40. The lowest BCUT2D eigenvalue weighted by atomic mass is 10.0. The molecule has 0 spiro atoms. The monoisotopic (exact) mass is 556 g/mol. The summed E-state index contributed by atoms with van der Waals surface area (Å²) in [5.41, 5.74) is 1.93. The molecule has 0 heterocycles. The Bertz CT molecular complexity index is 984. The third-order valence-corrected chi connectivity index (χ3v) is 6.84. The third-order valence-electron chi connectivity index (χ3n) is 5.48. The lowest BCUT2D eigenvalue weighted by Gasteiger charge is -2.29. The molecule has 2 amide bonds. The Morgan fingerprint density at radius 2 is 1.76 bits per heavy atom. The van der Waals surface area contributed by atoms with Crippen molar-refractivity contribution in [1.29, 1.82) is 0 Å². The number of benzene rings is 2. The minimum atomic E-state index is -0.698. The first kappa shape index (κ1) is 27.5. The van der Waals surface area contributed by atoms with E-state index in [1.807, 2.05) is 32.0 Å². The smallest absolute Gasteiger partial charge is 0.261 e. The van der Waals surface area contributed by atoms with Gasteiger partial charge < -0.3 is 15.0 Å². The topological polar surface area (TPSA) is 58.6 Å². The summed E-state index contributed by atoms with van der Waals surface area (Å²) in [6, 6.07) is 10.3. The Balaban J connectivity index is 2.21. The predicted molar refractivity (Wildman–Crippen MR) is 138 cm³/mol. The van der Waals surface area contributed by atoms with Crippen LogP contribution >= 0.6 is 39.1 Å². The molecule has 0 aliphatic heterocycles. The largest absolute Gasteiger partial charge is 0.483 e. The van der Waals surface area contributed by atoms with E-state index < -0.39 is 6.04 Å². The molecule has 0 saturated carbocycles. The number of halogens is 3. The maximum Gasteiger partial charge on any atom is 0.261 e.